The van der Waals surface area contributed by atoms with Crippen molar-refractivity contribution in [2.24, 2.45) is 12.0 Å². The van der Waals surface area contributed by atoms with Gasteiger partial charge in [-0.05, 0) is 37.5 Å². The summed E-state index contributed by atoms with van der Waals surface area (Å²) in [6.45, 7) is 4.70. The molecular formula is C20H29FN6O. The molecule has 0 spiro atoms. The fourth-order valence-electron chi connectivity index (χ4n) is 3.40. The number of aliphatic imine (C=N–C) groups is 1. The Balaban J connectivity index is 1.53. The molecule has 0 aliphatic carbocycles. The van der Waals surface area contributed by atoms with Crippen LogP contribution < -0.4 is 20.3 Å². The number of anilines is 1. The first-order valence-corrected chi connectivity index (χ1v) is 9.71. The second-order valence-corrected chi connectivity index (χ2v) is 6.93. The van der Waals surface area contributed by atoms with Gasteiger partial charge in [0, 0.05) is 46.0 Å². The molecule has 3 rings (SSSR count). The van der Waals surface area contributed by atoms with Crippen molar-refractivity contribution in [3.05, 3.63) is 42.0 Å². The molecule has 152 valence electrons. The predicted molar refractivity (Wildman–Crippen MR) is 109 cm³/mol. The van der Waals surface area contributed by atoms with E-state index in [1.54, 1.807) is 13.1 Å². The summed E-state index contributed by atoms with van der Waals surface area (Å²) >= 11 is 0. The summed E-state index contributed by atoms with van der Waals surface area (Å²) in [7, 11) is 3.68. The monoisotopic (exact) mass is 388 g/mol. The van der Waals surface area contributed by atoms with Gasteiger partial charge in [0.1, 0.15) is 0 Å². The van der Waals surface area contributed by atoms with Crippen LogP contribution in [0.2, 0.25) is 0 Å². The minimum absolute atomic E-state index is 0.284. The van der Waals surface area contributed by atoms with Crippen LogP contribution in [0.1, 0.15) is 25.3 Å². The Hall–Kier alpha value is -2.77. The van der Waals surface area contributed by atoms with E-state index in [4.69, 9.17) is 4.74 Å². The number of nitrogens with one attached hydrogen (secondary N) is 2. The highest BCUT2D eigenvalue weighted by molar-refractivity contribution is 5.80. The van der Waals surface area contributed by atoms with Crippen molar-refractivity contribution in [1.29, 1.82) is 0 Å². The number of aromatic nitrogens is 2. The molecule has 0 bridgehead atoms. The van der Waals surface area contributed by atoms with E-state index >= 15 is 0 Å². The fraction of sp³-hybridized carbons (Fsp3) is 0.500. The van der Waals surface area contributed by atoms with Crippen molar-refractivity contribution in [1.82, 2.24) is 20.4 Å². The number of piperidine rings is 1. The minimum Gasteiger partial charge on any atom is -0.491 e. The average Bonchev–Trinajstić information content (AvgIpc) is 3.14. The number of guanidine groups is 1. The third kappa shape index (κ3) is 5.15. The van der Waals surface area contributed by atoms with Crippen LogP contribution in [0.3, 0.4) is 0 Å². The van der Waals surface area contributed by atoms with Crippen molar-refractivity contribution in [3.8, 4) is 5.75 Å². The fourth-order valence-corrected chi connectivity index (χ4v) is 3.40. The van der Waals surface area contributed by atoms with Crippen LogP contribution in [0.4, 0.5) is 10.1 Å². The van der Waals surface area contributed by atoms with Crippen LogP contribution >= 0.6 is 0 Å². The van der Waals surface area contributed by atoms with E-state index in [9.17, 15) is 4.39 Å². The molecule has 1 saturated heterocycles. The molecule has 1 fully saturated rings. The third-order valence-electron chi connectivity index (χ3n) is 4.80. The van der Waals surface area contributed by atoms with E-state index < -0.39 is 0 Å². The van der Waals surface area contributed by atoms with Gasteiger partial charge in [-0.3, -0.25) is 9.67 Å². The molecule has 2 heterocycles. The van der Waals surface area contributed by atoms with Crippen LogP contribution in [-0.4, -0.2) is 48.5 Å². The van der Waals surface area contributed by atoms with Gasteiger partial charge in [-0.2, -0.15) is 5.10 Å². The summed E-state index contributed by atoms with van der Waals surface area (Å²) < 4.78 is 21.1. The highest BCUT2D eigenvalue weighted by atomic mass is 19.1. The second kappa shape index (κ2) is 9.43. The number of hydrogen-bond acceptors (Lipinski definition) is 4. The molecule has 0 saturated carbocycles. The molecule has 0 amide bonds. The summed E-state index contributed by atoms with van der Waals surface area (Å²) in [5.41, 5.74) is 1.98. The number of rotatable bonds is 6. The molecule has 1 aromatic heterocycles. The summed E-state index contributed by atoms with van der Waals surface area (Å²) in [6, 6.07) is 5.31. The number of ether oxygens (including phenoxy) is 1. The minimum atomic E-state index is -0.344. The SMILES string of the molecule is CCOc1ccc(CNC(=NC)NC2CCCN(c3cnn(C)c3)C2)cc1F. The Bertz CT molecular complexity index is 806. The van der Waals surface area contributed by atoms with E-state index in [-0.39, 0.29) is 17.6 Å². The Morgan fingerprint density at radius 3 is 2.96 bits per heavy atom. The molecule has 7 nitrogen and oxygen atoms in total. The van der Waals surface area contributed by atoms with Gasteiger partial charge in [-0.15, -0.1) is 0 Å². The molecule has 8 heteroatoms. The molecule has 0 radical (unpaired) electrons. The number of hydrogen-bond donors (Lipinski definition) is 2. The van der Waals surface area contributed by atoms with Gasteiger partial charge in [0.15, 0.2) is 17.5 Å². The first-order valence-electron chi connectivity index (χ1n) is 9.71. The maximum absolute atomic E-state index is 14.0. The maximum Gasteiger partial charge on any atom is 0.191 e. The number of nitrogens with zero attached hydrogens (tertiary/aromatic N) is 4. The van der Waals surface area contributed by atoms with Crippen LogP contribution in [0, 0.1) is 5.82 Å². The van der Waals surface area contributed by atoms with E-state index in [1.807, 2.05) is 37.1 Å². The van der Waals surface area contributed by atoms with Crippen molar-refractivity contribution in [2.75, 3.05) is 31.6 Å². The number of halogens is 1. The average molecular weight is 388 g/mol. The molecule has 1 aromatic carbocycles. The van der Waals surface area contributed by atoms with Crippen molar-refractivity contribution in [2.45, 2.75) is 32.4 Å². The van der Waals surface area contributed by atoms with Crippen LogP contribution in [-0.2, 0) is 13.6 Å². The Morgan fingerprint density at radius 1 is 1.43 bits per heavy atom. The van der Waals surface area contributed by atoms with E-state index in [0.29, 0.717) is 19.1 Å². The number of aryl methyl sites for hydroxylation is 1. The van der Waals surface area contributed by atoms with Gasteiger partial charge in [0.2, 0.25) is 0 Å². The zero-order valence-corrected chi connectivity index (χ0v) is 16.8. The normalized spacial score (nSPS) is 17.5. The van der Waals surface area contributed by atoms with Crippen molar-refractivity contribution >= 4 is 11.6 Å². The lowest BCUT2D eigenvalue weighted by Gasteiger charge is -2.34. The standard InChI is InChI=1S/C20H29FN6O/c1-4-28-19-8-7-15(10-18(19)21)11-23-20(22-2)25-16-6-5-9-27(13-16)17-12-24-26(3)14-17/h7-8,10,12,14,16H,4-6,9,11,13H2,1-3H3,(H2,22,23,25). The topological polar surface area (TPSA) is 66.7 Å². The van der Waals surface area contributed by atoms with E-state index in [1.165, 1.54) is 6.07 Å². The lowest BCUT2D eigenvalue weighted by molar-refractivity contribution is 0.321. The molecule has 2 N–H and O–H groups in total. The zero-order valence-electron chi connectivity index (χ0n) is 16.8. The molecule has 1 atom stereocenters. The van der Waals surface area contributed by atoms with E-state index in [2.05, 4.69) is 25.6 Å². The molecule has 1 unspecified atom stereocenters. The Labute approximate surface area is 165 Å². The quantitative estimate of drug-likeness (QED) is 0.587. The third-order valence-corrected chi connectivity index (χ3v) is 4.80. The summed E-state index contributed by atoms with van der Waals surface area (Å²) in [6.07, 6.45) is 6.12. The van der Waals surface area contributed by atoms with E-state index in [0.717, 1.165) is 37.2 Å². The molecule has 1 aliphatic rings. The van der Waals surface area contributed by atoms with Gasteiger partial charge < -0.3 is 20.3 Å². The van der Waals surface area contributed by atoms with Gasteiger partial charge in [0.25, 0.3) is 0 Å². The highest BCUT2D eigenvalue weighted by Crippen LogP contribution is 2.19. The molecular weight excluding hydrogens is 359 g/mol. The Kier molecular flexibility index (Phi) is 6.73. The molecule has 28 heavy (non-hydrogen) atoms. The predicted octanol–water partition coefficient (Wildman–Crippen LogP) is 2.29. The summed E-state index contributed by atoms with van der Waals surface area (Å²) in [5.74, 6) is 0.655. The molecule has 2 aromatic rings. The first-order chi connectivity index (χ1) is 13.6. The Morgan fingerprint density at radius 2 is 2.29 bits per heavy atom. The van der Waals surface area contributed by atoms with Gasteiger partial charge in [-0.1, -0.05) is 6.07 Å². The summed E-state index contributed by atoms with van der Waals surface area (Å²) in [5, 5.41) is 11.0. The largest absolute Gasteiger partial charge is 0.491 e. The molecule has 1 aliphatic heterocycles. The van der Waals surface area contributed by atoms with Crippen LogP contribution in [0.15, 0.2) is 35.6 Å². The van der Waals surface area contributed by atoms with Gasteiger partial charge >= 0.3 is 0 Å². The smallest absolute Gasteiger partial charge is 0.191 e. The lowest BCUT2D eigenvalue weighted by Crippen LogP contribution is -2.51. The first kappa shape index (κ1) is 20.0. The summed E-state index contributed by atoms with van der Waals surface area (Å²) in [4.78, 5) is 6.65. The number of benzene rings is 1. The van der Waals surface area contributed by atoms with Gasteiger partial charge in [-0.25, -0.2) is 4.39 Å². The maximum atomic E-state index is 14.0. The van der Waals surface area contributed by atoms with Crippen LogP contribution in [0.25, 0.3) is 0 Å². The van der Waals surface area contributed by atoms with Gasteiger partial charge in [0.05, 0.1) is 18.5 Å². The van der Waals surface area contributed by atoms with Crippen molar-refractivity contribution < 1.29 is 9.13 Å². The highest BCUT2D eigenvalue weighted by Gasteiger charge is 2.21. The zero-order chi connectivity index (χ0) is 19.9. The van der Waals surface area contributed by atoms with Crippen LogP contribution in [0.5, 0.6) is 5.75 Å². The van der Waals surface area contributed by atoms with Crippen molar-refractivity contribution in [3.63, 3.8) is 0 Å². The lowest BCUT2D eigenvalue weighted by atomic mass is 10.1. The second-order valence-electron chi connectivity index (χ2n) is 6.93.